The molecule has 0 radical (unpaired) electrons. The van der Waals surface area contributed by atoms with Gasteiger partial charge in [0.2, 0.25) is 0 Å². The lowest BCUT2D eigenvalue weighted by molar-refractivity contribution is 0.0376. The minimum atomic E-state index is -0.0247. The minimum Gasteiger partial charge on any atom is -0.494 e. The van der Waals surface area contributed by atoms with Gasteiger partial charge in [0.05, 0.1) is 26.4 Å². The predicted octanol–water partition coefficient (Wildman–Crippen LogP) is 1.76. The van der Waals surface area contributed by atoms with Gasteiger partial charge in [-0.25, -0.2) is 0 Å². The lowest BCUT2D eigenvalue weighted by Crippen LogP contribution is -2.40. The molecule has 2 aliphatic heterocycles. The SMILES string of the molecule is CCOc1ccc(C2(CN=C(N)NCCCN3CCOCC3)CCOCC2)cc1. The van der Waals surface area contributed by atoms with E-state index in [9.17, 15) is 0 Å². The molecule has 0 bridgehead atoms. The number of hydrogen-bond donors (Lipinski definition) is 2. The van der Waals surface area contributed by atoms with Crippen molar-refractivity contribution in [2.75, 3.05) is 65.8 Å². The maximum absolute atomic E-state index is 6.16. The van der Waals surface area contributed by atoms with Crippen molar-refractivity contribution < 1.29 is 14.2 Å². The van der Waals surface area contributed by atoms with Crippen molar-refractivity contribution in [2.24, 2.45) is 10.7 Å². The highest BCUT2D eigenvalue weighted by Crippen LogP contribution is 2.36. The van der Waals surface area contributed by atoms with E-state index in [1.807, 2.05) is 19.1 Å². The average molecular weight is 405 g/mol. The molecule has 2 aliphatic rings. The highest BCUT2D eigenvalue weighted by atomic mass is 16.5. The zero-order valence-electron chi connectivity index (χ0n) is 17.7. The van der Waals surface area contributed by atoms with Crippen LogP contribution in [0.25, 0.3) is 0 Å². The molecule has 7 nitrogen and oxygen atoms in total. The Labute approximate surface area is 174 Å². The summed E-state index contributed by atoms with van der Waals surface area (Å²) in [5.74, 6) is 1.44. The third-order valence-corrected chi connectivity index (χ3v) is 5.84. The van der Waals surface area contributed by atoms with Crippen LogP contribution < -0.4 is 15.8 Å². The molecule has 2 heterocycles. The van der Waals surface area contributed by atoms with Crippen LogP contribution in [0.4, 0.5) is 0 Å². The molecular formula is C22H36N4O3. The van der Waals surface area contributed by atoms with Crippen LogP contribution in [0, 0.1) is 0 Å². The second-order valence-corrected chi connectivity index (χ2v) is 7.79. The second kappa shape index (κ2) is 11.4. The maximum atomic E-state index is 6.16. The molecule has 162 valence electrons. The molecule has 3 rings (SSSR count). The summed E-state index contributed by atoms with van der Waals surface area (Å²) in [6.45, 7) is 10.5. The number of morpholine rings is 1. The van der Waals surface area contributed by atoms with Crippen molar-refractivity contribution in [3.8, 4) is 5.75 Å². The number of nitrogens with one attached hydrogen (secondary N) is 1. The summed E-state index contributed by atoms with van der Waals surface area (Å²) in [4.78, 5) is 7.13. The van der Waals surface area contributed by atoms with Crippen LogP contribution in [0.1, 0.15) is 31.7 Å². The van der Waals surface area contributed by atoms with Gasteiger partial charge in [0.15, 0.2) is 5.96 Å². The molecule has 0 aromatic heterocycles. The van der Waals surface area contributed by atoms with Crippen LogP contribution in [-0.2, 0) is 14.9 Å². The molecular weight excluding hydrogens is 368 g/mol. The third kappa shape index (κ3) is 6.59. The maximum Gasteiger partial charge on any atom is 0.188 e. The number of nitrogens with zero attached hydrogens (tertiary/aromatic N) is 2. The van der Waals surface area contributed by atoms with Crippen LogP contribution in [0.2, 0.25) is 0 Å². The Balaban J connectivity index is 1.52. The molecule has 29 heavy (non-hydrogen) atoms. The van der Waals surface area contributed by atoms with Crippen LogP contribution >= 0.6 is 0 Å². The summed E-state index contributed by atoms with van der Waals surface area (Å²) in [7, 11) is 0. The zero-order valence-corrected chi connectivity index (χ0v) is 17.7. The Kier molecular flexibility index (Phi) is 8.58. The van der Waals surface area contributed by atoms with Crippen molar-refractivity contribution in [3.63, 3.8) is 0 Å². The molecule has 1 aromatic carbocycles. The Morgan fingerprint density at radius 2 is 1.83 bits per heavy atom. The topological polar surface area (TPSA) is 81.3 Å². The summed E-state index contributed by atoms with van der Waals surface area (Å²) < 4.78 is 16.6. The van der Waals surface area contributed by atoms with Crippen molar-refractivity contribution in [1.29, 1.82) is 0 Å². The molecule has 0 saturated carbocycles. The first-order chi connectivity index (χ1) is 14.2. The van der Waals surface area contributed by atoms with E-state index in [0.29, 0.717) is 19.1 Å². The van der Waals surface area contributed by atoms with E-state index in [4.69, 9.17) is 24.9 Å². The third-order valence-electron chi connectivity index (χ3n) is 5.84. The molecule has 0 amide bonds. The first-order valence-electron chi connectivity index (χ1n) is 10.9. The Hall–Kier alpha value is -1.83. The number of nitrogens with two attached hydrogens (primary N) is 1. The van der Waals surface area contributed by atoms with Crippen molar-refractivity contribution in [3.05, 3.63) is 29.8 Å². The van der Waals surface area contributed by atoms with E-state index < -0.39 is 0 Å². The standard InChI is InChI=1S/C22H36N4O3/c1-2-29-20-6-4-19(5-7-20)22(8-14-27-15-9-22)18-25-21(23)24-10-3-11-26-12-16-28-17-13-26/h4-7H,2-3,8-18H2,1H3,(H3,23,24,25). The van der Waals surface area contributed by atoms with Gasteiger partial charge in [-0.15, -0.1) is 0 Å². The number of rotatable bonds is 9. The summed E-state index contributed by atoms with van der Waals surface area (Å²) >= 11 is 0. The number of ether oxygens (including phenoxy) is 3. The summed E-state index contributed by atoms with van der Waals surface area (Å²) in [6.07, 6.45) is 2.96. The largest absolute Gasteiger partial charge is 0.494 e. The molecule has 0 unspecified atom stereocenters. The fraction of sp³-hybridized carbons (Fsp3) is 0.682. The second-order valence-electron chi connectivity index (χ2n) is 7.79. The summed E-state index contributed by atoms with van der Waals surface area (Å²) in [6, 6.07) is 8.43. The van der Waals surface area contributed by atoms with E-state index in [2.05, 4.69) is 22.3 Å². The monoisotopic (exact) mass is 404 g/mol. The van der Waals surface area contributed by atoms with E-state index in [0.717, 1.165) is 77.6 Å². The first kappa shape index (κ1) is 21.9. The molecule has 2 saturated heterocycles. The summed E-state index contributed by atoms with van der Waals surface area (Å²) in [5, 5.41) is 3.27. The zero-order chi connectivity index (χ0) is 20.4. The van der Waals surface area contributed by atoms with Crippen molar-refractivity contribution in [1.82, 2.24) is 10.2 Å². The van der Waals surface area contributed by atoms with E-state index in [-0.39, 0.29) is 5.41 Å². The molecule has 1 aromatic rings. The summed E-state index contributed by atoms with van der Waals surface area (Å²) in [5.41, 5.74) is 7.43. The number of benzene rings is 1. The minimum absolute atomic E-state index is 0.0247. The van der Waals surface area contributed by atoms with Gasteiger partial charge in [-0.1, -0.05) is 12.1 Å². The molecule has 0 aliphatic carbocycles. The Morgan fingerprint density at radius 3 is 2.52 bits per heavy atom. The van der Waals surface area contributed by atoms with Crippen LogP contribution in [0.5, 0.6) is 5.75 Å². The lowest BCUT2D eigenvalue weighted by atomic mass is 9.74. The van der Waals surface area contributed by atoms with Gasteiger partial charge in [-0.3, -0.25) is 9.89 Å². The van der Waals surface area contributed by atoms with Gasteiger partial charge in [-0.2, -0.15) is 0 Å². The normalized spacial score (nSPS) is 20.4. The number of hydrogen-bond acceptors (Lipinski definition) is 5. The van der Waals surface area contributed by atoms with Gasteiger partial charge in [-0.05, 0) is 50.4 Å². The van der Waals surface area contributed by atoms with Crippen LogP contribution in [0.15, 0.2) is 29.3 Å². The van der Waals surface area contributed by atoms with Gasteiger partial charge >= 0.3 is 0 Å². The van der Waals surface area contributed by atoms with Crippen molar-refractivity contribution >= 4 is 5.96 Å². The molecule has 3 N–H and O–H groups in total. The Morgan fingerprint density at radius 1 is 1.14 bits per heavy atom. The highest BCUT2D eigenvalue weighted by molar-refractivity contribution is 5.77. The molecule has 0 spiro atoms. The van der Waals surface area contributed by atoms with Crippen molar-refractivity contribution in [2.45, 2.75) is 31.6 Å². The van der Waals surface area contributed by atoms with E-state index in [1.165, 1.54) is 5.56 Å². The molecule has 0 atom stereocenters. The van der Waals surface area contributed by atoms with Crippen LogP contribution in [-0.4, -0.2) is 76.6 Å². The number of aliphatic imine (C=N–C) groups is 1. The quantitative estimate of drug-likeness (QED) is 0.371. The molecule has 7 heteroatoms. The fourth-order valence-corrected chi connectivity index (χ4v) is 4.01. The van der Waals surface area contributed by atoms with Gasteiger partial charge in [0, 0.05) is 38.3 Å². The predicted molar refractivity (Wildman–Crippen MR) is 116 cm³/mol. The smallest absolute Gasteiger partial charge is 0.188 e. The van der Waals surface area contributed by atoms with E-state index >= 15 is 0 Å². The average Bonchev–Trinajstić information content (AvgIpc) is 2.77. The van der Waals surface area contributed by atoms with Gasteiger partial charge < -0.3 is 25.3 Å². The van der Waals surface area contributed by atoms with Gasteiger partial charge in [0.1, 0.15) is 5.75 Å². The first-order valence-corrected chi connectivity index (χ1v) is 10.9. The molecule has 2 fully saturated rings. The fourth-order valence-electron chi connectivity index (χ4n) is 4.01. The highest BCUT2D eigenvalue weighted by Gasteiger charge is 2.34. The Bertz CT molecular complexity index is 623. The lowest BCUT2D eigenvalue weighted by Gasteiger charge is -2.36. The van der Waals surface area contributed by atoms with E-state index in [1.54, 1.807) is 0 Å². The number of guanidine groups is 1. The van der Waals surface area contributed by atoms with Gasteiger partial charge in [0.25, 0.3) is 0 Å². The van der Waals surface area contributed by atoms with Crippen LogP contribution in [0.3, 0.4) is 0 Å².